The van der Waals surface area contributed by atoms with Crippen molar-refractivity contribution < 1.29 is 23.8 Å². The second-order valence-corrected chi connectivity index (χ2v) is 6.15. The Morgan fingerprint density at radius 1 is 1.23 bits per heavy atom. The first-order chi connectivity index (χ1) is 12.5. The fourth-order valence-electron chi connectivity index (χ4n) is 2.57. The van der Waals surface area contributed by atoms with Crippen LogP contribution in [0, 0.1) is 0 Å². The fourth-order valence-corrected chi connectivity index (χ4v) is 2.81. The molecule has 1 saturated heterocycles. The number of carbonyl (C=O) groups is 2. The minimum Gasteiger partial charge on any atom is -0.491 e. The highest BCUT2D eigenvalue weighted by atomic mass is 35.5. The zero-order valence-corrected chi connectivity index (χ0v) is 15.7. The van der Waals surface area contributed by atoms with Gasteiger partial charge in [0.15, 0.2) is 0 Å². The lowest BCUT2D eigenvalue weighted by Gasteiger charge is -2.16. The Morgan fingerprint density at radius 2 is 1.96 bits per heavy atom. The molecule has 0 radical (unpaired) electrons. The van der Waals surface area contributed by atoms with E-state index in [9.17, 15) is 9.59 Å². The largest absolute Gasteiger partial charge is 0.491 e. The van der Waals surface area contributed by atoms with Gasteiger partial charge in [0.2, 0.25) is 0 Å². The number of ether oxygens (including phenoxy) is 3. The molecule has 1 aliphatic heterocycles. The quantitative estimate of drug-likeness (QED) is 0.546. The monoisotopic (exact) mass is 382 g/mol. The molecule has 0 bridgehead atoms. The molecule has 26 heavy (non-hydrogen) atoms. The number of likely N-dealkylation sites (tertiary alicyclic amines) is 1. The van der Waals surface area contributed by atoms with E-state index in [2.05, 4.69) is 19.7 Å². The molecule has 0 unspecified atom stereocenters. The molecule has 0 aromatic heterocycles. The van der Waals surface area contributed by atoms with Gasteiger partial charge >= 0.3 is 11.9 Å². The van der Waals surface area contributed by atoms with Gasteiger partial charge in [-0.15, -0.1) is 0 Å². The van der Waals surface area contributed by atoms with Gasteiger partial charge in [0.1, 0.15) is 18.1 Å². The predicted octanol–water partition coefficient (Wildman–Crippen LogP) is 2.46. The number of methoxy groups -OCH3 is 2. The van der Waals surface area contributed by atoms with E-state index >= 15 is 0 Å². The number of hydrogen-bond donors (Lipinski definition) is 1. The molecule has 7 nitrogen and oxygen atoms in total. The molecular weight excluding hydrogens is 360 g/mol. The van der Waals surface area contributed by atoms with Crippen LogP contribution >= 0.6 is 11.6 Å². The highest BCUT2D eigenvalue weighted by Gasteiger charge is 2.14. The van der Waals surface area contributed by atoms with Crippen LogP contribution in [0.5, 0.6) is 5.75 Å². The lowest BCUT2D eigenvalue weighted by Crippen LogP contribution is -2.25. The van der Waals surface area contributed by atoms with Crippen molar-refractivity contribution >= 4 is 29.2 Å². The van der Waals surface area contributed by atoms with E-state index in [1.807, 2.05) is 0 Å². The molecule has 1 N–H and O–H groups in total. The highest BCUT2D eigenvalue weighted by Crippen LogP contribution is 2.28. The second-order valence-electron chi connectivity index (χ2n) is 5.74. The Morgan fingerprint density at radius 3 is 2.58 bits per heavy atom. The summed E-state index contributed by atoms with van der Waals surface area (Å²) in [6.45, 7) is 3.65. The molecule has 1 aromatic carbocycles. The van der Waals surface area contributed by atoms with Crippen LogP contribution in [0.1, 0.15) is 12.8 Å². The Labute approximate surface area is 157 Å². The third kappa shape index (κ3) is 5.93. The van der Waals surface area contributed by atoms with Gasteiger partial charge in [-0.2, -0.15) is 0 Å². The Balaban J connectivity index is 1.98. The van der Waals surface area contributed by atoms with Crippen molar-refractivity contribution in [2.45, 2.75) is 12.8 Å². The smallest absolute Gasteiger partial charge is 0.354 e. The van der Waals surface area contributed by atoms with E-state index in [4.69, 9.17) is 16.3 Å². The number of anilines is 1. The molecule has 0 atom stereocenters. The minimum atomic E-state index is -0.697. The number of nitrogens with one attached hydrogen (secondary N) is 1. The van der Waals surface area contributed by atoms with Crippen molar-refractivity contribution in [3.63, 3.8) is 0 Å². The van der Waals surface area contributed by atoms with Crippen molar-refractivity contribution in [2.75, 3.05) is 45.8 Å². The number of hydrogen-bond acceptors (Lipinski definition) is 7. The van der Waals surface area contributed by atoms with Gasteiger partial charge in [-0.3, -0.25) is 4.90 Å². The third-order valence-electron chi connectivity index (χ3n) is 3.94. The Kier molecular flexibility index (Phi) is 7.74. The van der Waals surface area contributed by atoms with Crippen LogP contribution in [0.2, 0.25) is 5.02 Å². The van der Waals surface area contributed by atoms with E-state index in [1.165, 1.54) is 27.1 Å². The number of carbonyl (C=O) groups excluding carboxylic acids is 2. The molecule has 1 fully saturated rings. The second kappa shape index (κ2) is 10.0. The van der Waals surface area contributed by atoms with Crippen LogP contribution in [0.3, 0.4) is 0 Å². The molecule has 2 rings (SSSR count). The third-order valence-corrected chi connectivity index (χ3v) is 4.24. The van der Waals surface area contributed by atoms with Crippen LogP contribution < -0.4 is 10.1 Å². The number of halogens is 1. The topological polar surface area (TPSA) is 77.1 Å². The molecule has 0 saturated carbocycles. The van der Waals surface area contributed by atoms with Crippen LogP contribution in [0.4, 0.5) is 5.69 Å². The van der Waals surface area contributed by atoms with E-state index < -0.39 is 11.9 Å². The summed E-state index contributed by atoms with van der Waals surface area (Å²) in [5, 5.41) is 3.20. The lowest BCUT2D eigenvalue weighted by atomic mass is 10.2. The SMILES string of the molecule is COC(=O)/C=C(/Nc1ccc(OCCN2CCCC2)c(Cl)c1)C(=O)OC. The van der Waals surface area contributed by atoms with Gasteiger partial charge in [-0.25, -0.2) is 9.59 Å². The van der Waals surface area contributed by atoms with E-state index in [-0.39, 0.29) is 5.70 Å². The standard InChI is InChI=1S/C18H23ClN2O5/c1-24-17(22)12-15(18(23)25-2)20-13-5-6-16(14(19)11-13)26-10-9-21-7-3-4-8-21/h5-6,11-12,20H,3-4,7-10H2,1-2H3/b15-12+. The van der Waals surface area contributed by atoms with Gasteiger partial charge in [0.25, 0.3) is 0 Å². The summed E-state index contributed by atoms with van der Waals surface area (Å²) in [5.41, 5.74) is 0.459. The molecule has 8 heteroatoms. The molecule has 0 spiro atoms. The number of esters is 2. The van der Waals surface area contributed by atoms with Crippen LogP contribution in [0.25, 0.3) is 0 Å². The van der Waals surface area contributed by atoms with Gasteiger partial charge in [0.05, 0.1) is 25.3 Å². The summed E-state index contributed by atoms with van der Waals surface area (Å²) in [5.74, 6) is -0.809. The summed E-state index contributed by atoms with van der Waals surface area (Å²) in [7, 11) is 2.44. The lowest BCUT2D eigenvalue weighted by molar-refractivity contribution is -0.138. The van der Waals surface area contributed by atoms with Gasteiger partial charge < -0.3 is 19.5 Å². The molecular formula is C18H23ClN2O5. The predicted molar refractivity (Wildman–Crippen MR) is 98.4 cm³/mol. The summed E-state index contributed by atoms with van der Waals surface area (Å²) >= 11 is 6.25. The first-order valence-corrected chi connectivity index (χ1v) is 8.71. The zero-order chi connectivity index (χ0) is 18.9. The maximum atomic E-state index is 11.8. The molecule has 0 aliphatic carbocycles. The fraction of sp³-hybridized carbons (Fsp3) is 0.444. The maximum absolute atomic E-state index is 11.8. The van der Waals surface area contributed by atoms with Crippen molar-refractivity contribution in [2.24, 2.45) is 0 Å². The first kappa shape index (κ1) is 20.1. The molecule has 1 heterocycles. The van der Waals surface area contributed by atoms with Crippen LogP contribution in [0.15, 0.2) is 30.0 Å². The first-order valence-electron chi connectivity index (χ1n) is 8.33. The number of rotatable bonds is 8. The van der Waals surface area contributed by atoms with E-state index in [0.717, 1.165) is 25.7 Å². The Bertz CT molecular complexity index is 672. The van der Waals surface area contributed by atoms with Crippen LogP contribution in [-0.4, -0.2) is 57.3 Å². The Hall–Kier alpha value is -2.25. The molecule has 1 aliphatic rings. The van der Waals surface area contributed by atoms with Crippen molar-refractivity contribution in [3.8, 4) is 5.75 Å². The van der Waals surface area contributed by atoms with Gasteiger partial charge in [-0.1, -0.05) is 11.6 Å². The van der Waals surface area contributed by atoms with E-state index in [0.29, 0.717) is 23.1 Å². The molecule has 142 valence electrons. The van der Waals surface area contributed by atoms with Crippen molar-refractivity contribution in [1.82, 2.24) is 4.90 Å². The van der Waals surface area contributed by atoms with E-state index in [1.54, 1.807) is 18.2 Å². The van der Waals surface area contributed by atoms with Gasteiger partial charge in [-0.05, 0) is 44.1 Å². The maximum Gasteiger partial charge on any atom is 0.354 e. The van der Waals surface area contributed by atoms with Crippen molar-refractivity contribution in [3.05, 3.63) is 35.0 Å². The number of benzene rings is 1. The highest BCUT2D eigenvalue weighted by molar-refractivity contribution is 6.32. The normalized spacial score (nSPS) is 14.8. The zero-order valence-electron chi connectivity index (χ0n) is 14.9. The minimum absolute atomic E-state index is 0.0573. The molecule has 1 aromatic rings. The average Bonchev–Trinajstić information content (AvgIpc) is 3.15. The van der Waals surface area contributed by atoms with Crippen LogP contribution in [-0.2, 0) is 19.1 Å². The molecule has 0 amide bonds. The number of nitrogens with zero attached hydrogens (tertiary/aromatic N) is 1. The summed E-state index contributed by atoms with van der Waals surface area (Å²) in [4.78, 5) is 25.5. The average molecular weight is 383 g/mol. The van der Waals surface area contributed by atoms with Crippen molar-refractivity contribution in [1.29, 1.82) is 0 Å². The summed E-state index contributed by atoms with van der Waals surface area (Å²) < 4.78 is 14.9. The summed E-state index contributed by atoms with van der Waals surface area (Å²) in [6, 6.07) is 5.02. The van der Waals surface area contributed by atoms with Gasteiger partial charge in [0, 0.05) is 12.2 Å². The summed E-state index contributed by atoms with van der Waals surface area (Å²) in [6.07, 6.45) is 3.49.